The first-order valence-corrected chi connectivity index (χ1v) is 12.9. The lowest BCUT2D eigenvalue weighted by molar-refractivity contribution is -0.905. The highest BCUT2D eigenvalue weighted by Crippen LogP contribution is 2.43. The maximum Gasteiger partial charge on any atom is 0.333 e. The molecule has 1 unspecified atom stereocenters. The van der Waals surface area contributed by atoms with Crippen LogP contribution in [-0.2, 0) is 4.74 Å². The maximum atomic E-state index is 14.0. The summed E-state index contributed by atoms with van der Waals surface area (Å²) in [6, 6.07) is 4.31. The molecule has 3 N–H and O–H groups in total. The number of aliphatic hydroxyl groups is 1. The number of halogens is 4. The first-order valence-electron chi connectivity index (χ1n) is 11.6. The predicted octanol–water partition coefficient (Wildman–Crippen LogP) is 3.30. The highest BCUT2D eigenvalue weighted by molar-refractivity contribution is 7.11. The molecule has 1 aromatic carbocycles. The van der Waals surface area contributed by atoms with Crippen LogP contribution in [-0.4, -0.2) is 50.2 Å². The molecule has 1 fully saturated rings. The van der Waals surface area contributed by atoms with Crippen molar-refractivity contribution in [2.75, 3.05) is 13.3 Å². The zero-order chi connectivity index (χ0) is 27.2. The number of amidine groups is 1. The SMILES string of the molecule is CC(C)(O)[C@]1(CC2=C(c3ccn(C(F)F)n3)[C@H](c3ccc(F)cc3Cl)N=C(c3nccs3)N2)COC[NH+]1[O-]. The molecule has 0 amide bonds. The molecule has 5 rings (SSSR count). The summed E-state index contributed by atoms with van der Waals surface area (Å²) < 4.78 is 46.9. The van der Waals surface area contributed by atoms with E-state index in [9.17, 15) is 23.5 Å². The van der Waals surface area contributed by atoms with Gasteiger partial charge in [-0.25, -0.2) is 14.1 Å². The van der Waals surface area contributed by atoms with Gasteiger partial charge in [0.1, 0.15) is 24.1 Å². The van der Waals surface area contributed by atoms with Crippen LogP contribution >= 0.6 is 22.9 Å². The van der Waals surface area contributed by atoms with Crippen molar-refractivity contribution in [3.63, 3.8) is 0 Å². The molecule has 0 bridgehead atoms. The number of quaternary nitrogens is 1. The summed E-state index contributed by atoms with van der Waals surface area (Å²) in [6.45, 7) is -0.0615. The average Bonchev–Trinajstić information content (AvgIpc) is 3.60. The van der Waals surface area contributed by atoms with Gasteiger partial charge in [-0.05, 0) is 32.0 Å². The molecule has 0 radical (unpaired) electrons. The molecule has 0 aliphatic carbocycles. The van der Waals surface area contributed by atoms with Gasteiger partial charge in [0.25, 0.3) is 0 Å². The van der Waals surface area contributed by atoms with Crippen molar-refractivity contribution in [3.05, 3.63) is 80.0 Å². The fourth-order valence-corrected chi connectivity index (χ4v) is 5.60. The van der Waals surface area contributed by atoms with E-state index < -0.39 is 29.5 Å². The lowest BCUT2D eigenvalue weighted by Gasteiger charge is -2.45. The second-order valence-corrected chi connectivity index (χ2v) is 10.9. The molecule has 2 aromatic heterocycles. The van der Waals surface area contributed by atoms with Gasteiger partial charge < -0.3 is 25.4 Å². The first kappa shape index (κ1) is 26.8. The number of hydrogen-bond donors (Lipinski definition) is 3. The van der Waals surface area contributed by atoms with Crippen LogP contribution in [0.15, 0.2) is 52.7 Å². The zero-order valence-electron chi connectivity index (χ0n) is 20.3. The number of ether oxygens (including phenoxy) is 1. The summed E-state index contributed by atoms with van der Waals surface area (Å²) in [4.78, 5) is 9.13. The van der Waals surface area contributed by atoms with Gasteiger partial charge in [0.05, 0.1) is 5.69 Å². The minimum absolute atomic E-state index is 0.0497. The summed E-state index contributed by atoms with van der Waals surface area (Å²) in [5.74, 6) is -0.214. The van der Waals surface area contributed by atoms with Gasteiger partial charge in [0, 0.05) is 46.1 Å². The standard InChI is InChI=1S/C24H24ClF3N6O3S/c1-23(2,35)24(11-37-12-34(24)36)10-17-18(16-5-7-33(32-16)22(27)28)19(14-4-3-13(26)9-15(14)25)31-20(30-17)21-29-6-8-38-21/h3-9,19,22,34-35H,10-12H2,1-2H3,(H,30,31)/t19-,24-/m0/s1. The lowest BCUT2D eigenvalue weighted by atomic mass is 9.77. The van der Waals surface area contributed by atoms with Gasteiger partial charge >= 0.3 is 6.55 Å². The topological polar surface area (TPSA) is 112 Å². The van der Waals surface area contributed by atoms with Crippen LogP contribution < -0.4 is 10.4 Å². The third-order valence-corrected chi connectivity index (χ3v) is 7.97. The second-order valence-electron chi connectivity index (χ2n) is 9.59. The van der Waals surface area contributed by atoms with Crippen LogP contribution in [0.4, 0.5) is 13.2 Å². The molecule has 3 aromatic rings. The Morgan fingerprint density at radius 2 is 2.18 bits per heavy atom. The minimum Gasteiger partial charge on any atom is -0.632 e. The van der Waals surface area contributed by atoms with Crippen LogP contribution in [0.1, 0.15) is 49.1 Å². The van der Waals surface area contributed by atoms with Crippen LogP contribution in [0.5, 0.6) is 0 Å². The molecular formula is C24H24ClF3N6O3S. The minimum atomic E-state index is -2.89. The largest absolute Gasteiger partial charge is 0.632 e. The summed E-state index contributed by atoms with van der Waals surface area (Å²) in [5.41, 5.74) is -1.56. The monoisotopic (exact) mass is 568 g/mol. The van der Waals surface area contributed by atoms with Crippen LogP contribution in [0.25, 0.3) is 5.57 Å². The van der Waals surface area contributed by atoms with Crippen molar-refractivity contribution in [1.29, 1.82) is 0 Å². The Morgan fingerprint density at radius 1 is 1.39 bits per heavy atom. The summed E-state index contributed by atoms with van der Waals surface area (Å²) in [6.07, 6.45) is 2.68. The molecule has 38 heavy (non-hydrogen) atoms. The molecule has 4 heterocycles. The quantitative estimate of drug-likeness (QED) is 0.377. The third-order valence-electron chi connectivity index (χ3n) is 6.87. The second kappa shape index (κ2) is 10.1. The van der Waals surface area contributed by atoms with E-state index in [0.29, 0.717) is 32.4 Å². The van der Waals surface area contributed by atoms with Crippen LogP contribution in [0, 0.1) is 11.0 Å². The van der Waals surface area contributed by atoms with Crippen LogP contribution in [0.3, 0.4) is 0 Å². The number of aliphatic imine (C=N–C) groups is 1. The maximum absolute atomic E-state index is 14.0. The molecule has 0 saturated carbocycles. The number of hydroxylamine groups is 2. The number of aromatic nitrogens is 3. The van der Waals surface area contributed by atoms with E-state index >= 15 is 0 Å². The van der Waals surface area contributed by atoms with Crippen molar-refractivity contribution < 1.29 is 28.1 Å². The Bertz CT molecular complexity index is 1390. The number of nitrogens with one attached hydrogen (secondary N) is 2. The summed E-state index contributed by atoms with van der Waals surface area (Å²) in [7, 11) is 0. The third kappa shape index (κ3) is 4.74. The van der Waals surface area contributed by atoms with E-state index in [0.717, 1.165) is 12.3 Å². The number of alkyl halides is 2. The number of nitrogens with zero attached hydrogens (tertiary/aromatic N) is 4. The van der Waals surface area contributed by atoms with Gasteiger partial charge in [-0.1, -0.05) is 17.7 Å². The van der Waals surface area contributed by atoms with E-state index in [-0.39, 0.29) is 35.5 Å². The molecule has 1 saturated heterocycles. The highest BCUT2D eigenvalue weighted by atomic mass is 35.5. The predicted molar refractivity (Wildman–Crippen MR) is 135 cm³/mol. The van der Waals surface area contributed by atoms with Gasteiger partial charge in [-0.3, -0.25) is 4.99 Å². The number of thiazole rings is 1. The zero-order valence-corrected chi connectivity index (χ0v) is 21.9. The van der Waals surface area contributed by atoms with E-state index in [2.05, 4.69) is 15.4 Å². The van der Waals surface area contributed by atoms with Crippen molar-refractivity contribution in [2.24, 2.45) is 4.99 Å². The van der Waals surface area contributed by atoms with Crippen molar-refractivity contribution in [3.8, 4) is 0 Å². The van der Waals surface area contributed by atoms with E-state index in [1.165, 1.54) is 43.4 Å². The Labute approximate surface area is 224 Å². The molecule has 0 spiro atoms. The molecule has 14 heteroatoms. The Morgan fingerprint density at radius 3 is 2.76 bits per heavy atom. The number of benzene rings is 1. The van der Waals surface area contributed by atoms with Gasteiger partial charge in [-0.15, -0.1) is 11.3 Å². The Kier molecular flexibility index (Phi) is 7.09. The van der Waals surface area contributed by atoms with Gasteiger partial charge in [-0.2, -0.15) is 13.9 Å². The summed E-state index contributed by atoms with van der Waals surface area (Å²) in [5, 5.41) is 33.6. The fourth-order valence-electron chi connectivity index (χ4n) is 4.75. The highest BCUT2D eigenvalue weighted by Gasteiger charge is 2.55. The van der Waals surface area contributed by atoms with Crippen molar-refractivity contribution >= 4 is 34.3 Å². The molecule has 2 aliphatic heterocycles. The Hall–Kier alpha value is -2.81. The number of hydrogen-bond acceptors (Lipinski definition) is 8. The van der Waals surface area contributed by atoms with Crippen molar-refractivity contribution in [1.82, 2.24) is 20.1 Å². The first-order chi connectivity index (χ1) is 18.0. The van der Waals surface area contributed by atoms with E-state index in [1.54, 1.807) is 11.6 Å². The van der Waals surface area contributed by atoms with Gasteiger partial charge in [0.15, 0.2) is 23.1 Å². The van der Waals surface area contributed by atoms with E-state index in [4.69, 9.17) is 21.3 Å². The molecule has 9 nitrogen and oxygen atoms in total. The molecule has 2 aliphatic rings. The molecule has 202 valence electrons. The molecular weight excluding hydrogens is 545 g/mol. The average molecular weight is 569 g/mol. The lowest BCUT2D eigenvalue weighted by Crippen LogP contribution is -3.17. The molecule has 3 atom stereocenters. The van der Waals surface area contributed by atoms with Gasteiger partial charge in [0.2, 0.25) is 0 Å². The summed E-state index contributed by atoms with van der Waals surface area (Å²) >= 11 is 7.77. The normalized spacial score (nSPS) is 24.2. The number of rotatable bonds is 7. The van der Waals surface area contributed by atoms with Crippen LogP contribution in [0.2, 0.25) is 5.02 Å². The van der Waals surface area contributed by atoms with Crippen molar-refractivity contribution in [2.45, 2.75) is 44.0 Å². The fraction of sp³-hybridized carbons (Fsp3) is 0.375. The van der Waals surface area contributed by atoms with E-state index in [1.807, 2.05) is 0 Å². The smallest absolute Gasteiger partial charge is 0.333 e. The Balaban J connectivity index is 1.75.